The summed E-state index contributed by atoms with van der Waals surface area (Å²) in [7, 11) is 0. The first kappa shape index (κ1) is 13.6. The molecule has 0 aromatic heterocycles. The Morgan fingerprint density at radius 2 is 1.83 bits per heavy atom. The first-order valence-corrected chi connectivity index (χ1v) is 7.31. The lowest BCUT2D eigenvalue weighted by atomic mass is 9.96. The van der Waals surface area contributed by atoms with Gasteiger partial charge in [0.2, 0.25) is 0 Å². The third-order valence-electron chi connectivity index (χ3n) is 4.04. The van der Waals surface area contributed by atoms with Gasteiger partial charge in [0.25, 0.3) is 0 Å². The molecule has 1 aromatic rings. The average Bonchev–Trinajstić information content (AvgIpc) is 2.46. The van der Waals surface area contributed by atoms with Crippen molar-refractivity contribution in [2.75, 3.05) is 32.7 Å². The van der Waals surface area contributed by atoms with Crippen molar-refractivity contribution in [2.45, 2.75) is 32.6 Å². The van der Waals surface area contributed by atoms with Crippen molar-refractivity contribution in [2.24, 2.45) is 0 Å². The van der Waals surface area contributed by atoms with Gasteiger partial charge in [0.1, 0.15) is 0 Å². The van der Waals surface area contributed by atoms with Crippen LogP contribution < -0.4 is 5.32 Å². The molecule has 1 aliphatic rings. The summed E-state index contributed by atoms with van der Waals surface area (Å²) in [5, 5.41) is 3.41. The predicted molar refractivity (Wildman–Crippen MR) is 78.2 cm³/mol. The SMILES string of the molecule is CCc1ccc(C(C)CCN2CCNCC2)cc1. The summed E-state index contributed by atoms with van der Waals surface area (Å²) in [4.78, 5) is 2.58. The van der Waals surface area contributed by atoms with E-state index in [0.29, 0.717) is 5.92 Å². The largest absolute Gasteiger partial charge is 0.314 e. The molecular weight excluding hydrogens is 220 g/mol. The van der Waals surface area contributed by atoms with Gasteiger partial charge in [-0.3, -0.25) is 0 Å². The highest BCUT2D eigenvalue weighted by Gasteiger charge is 2.11. The van der Waals surface area contributed by atoms with Crippen LogP contribution in [0.2, 0.25) is 0 Å². The second-order valence-electron chi connectivity index (χ2n) is 5.38. The van der Waals surface area contributed by atoms with Crippen molar-refractivity contribution in [1.29, 1.82) is 0 Å². The van der Waals surface area contributed by atoms with Gasteiger partial charge in [-0.05, 0) is 36.4 Å². The minimum atomic E-state index is 0.672. The van der Waals surface area contributed by atoms with Gasteiger partial charge < -0.3 is 10.2 Å². The van der Waals surface area contributed by atoms with Crippen molar-refractivity contribution in [3.05, 3.63) is 35.4 Å². The van der Waals surface area contributed by atoms with E-state index in [1.807, 2.05) is 0 Å². The maximum atomic E-state index is 3.41. The highest BCUT2D eigenvalue weighted by molar-refractivity contribution is 5.24. The second kappa shape index (κ2) is 6.91. The van der Waals surface area contributed by atoms with Crippen LogP contribution in [0.15, 0.2) is 24.3 Å². The predicted octanol–water partition coefficient (Wildman–Crippen LogP) is 2.65. The first-order chi connectivity index (χ1) is 8.79. The number of aryl methyl sites for hydroxylation is 1. The molecule has 18 heavy (non-hydrogen) atoms. The fraction of sp³-hybridized carbons (Fsp3) is 0.625. The van der Waals surface area contributed by atoms with Gasteiger partial charge in [0, 0.05) is 26.2 Å². The van der Waals surface area contributed by atoms with Crippen molar-refractivity contribution < 1.29 is 0 Å². The summed E-state index contributed by atoms with van der Waals surface area (Å²) >= 11 is 0. The lowest BCUT2D eigenvalue weighted by Gasteiger charge is -2.28. The molecule has 1 saturated heterocycles. The molecule has 100 valence electrons. The third-order valence-corrected chi connectivity index (χ3v) is 4.04. The maximum absolute atomic E-state index is 3.41. The van der Waals surface area contributed by atoms with Crippen LogP contribution >= 0.6 is 0 Å². The molecule has 1 unspecified atom stereocenters. The van der Waals surface area contributed by atoms with Crippen LogP contribution in [0.25, 0.3) is 0 Å². The summed E-state index contributed by atoms with van der Waals surface area (Å²) in [5.74, 6) is 0.672. The fourth-order valence-electron chi connectivity index (χ4n) is 2.56. The van der Waals surface area contributed by atoms with Gasteiger partial charge in [-0.15, -0.1) is 0 Å². The fourth-order valence-corrected chi connectivity index (χ4v) is 2.56. The van der Waals surface area contributed by atoms with E-state index in [2.05, 4.69) is 48.3 Å². The van der Waals surface area contributed by atoms with Crippen molar-refractivity contribution in [3.8, 4) is 0 Å². The Hall–Kier alpha value is -0.860. The Kier molecular flexibility index (Phi) is 5.21. The summed E-state index contributed by atoms with van der Waals surface area (Å²) in [6, 6.07) is 9.16. The van der Waals surface area contributed by atoms with Crippen molar-refractivity contribution in [1.82, 2.24) is 10.2 Å². The zero-order chi connectivity index (χ0) is 12.8. The standard InChI is InChI=1S/C16H26N2/c1-3-15-4-6-16(7-5-15)14(2)8-11-18-12-9-17-10-13-18/h4-7,14,17H,3,8-13H2,1-2H3. The quantitative estimate of drug-likeness (QED) is 0.859. The van der Waals surface area contributed by atoms with Crippen LogP contribution in [0.1, 0.15) is 37.3 Å². The Morgan fingerprint density at radius 3 is 2.44 bits per heavy atom. The minimum absolute atomic E-state index is 0.672. The van der Waals surface area contributed by atoms with E-state index in [4.69, 9.17) is 0 Å². The van der Waals surface area contributed by atoms with Gasteiger partial charge >= 0.3 is 0 Å². The molecule has 2 rings (SSSR count). The smallest absolute Gasteiger partial charge is 0.0107 e. The molecule has 0 amide bonds. The number of hydrogen-bond acceptors (Lipinski definition) is 2. The lowest BCUT2D eigenvalue weighted by Crippen LogP contribution is -2.43. The van der Waals surface area contributed by atoms with Crippen LogP contribution in [-0.2, 0) is 6.42 Å². The van der Waals surface area contributed by atoms with E-state index in [1.165, 1.54) is 37.2 Å². The molecule has 1 aliphatic heterocycles. The van der Waals surface area contributed by atoms with Crippen LogP contribution in [0.3, 0.4) is 0 Å². The highest BCUT2D eigenvalue weighted by atomic mass is 15.2. The maximum Gasteiger partial charge on any atom is 0.0107 e. The molecule has 0 bridgehead atoms. The Balaban J connectivity index is 1.80. The van der Waals surface area contributed by atoms with E-state index >= 15 is 0 Å². The van der Waals surface area contributed by atoms with Crippen LogP contribution in [0.5, 0.6) is 0 Å². The Labute approximate surface area is 111 Å². The molecule has 0 radical (unpaired) electrons. The van der Waals surface area contributed by atoms with Gasteiger partial charge in [0.15, 0.2) is 0 Å². The van der Waals surface area contributed by atoms with E-state index in [9.17, 15) is 0 Å². The minimum Gasteiger partial charge on any atom is -0.314 e. The molecule has 0 aliphatic carbocycles. The topological polar surface area (TPSA) is 15.3 Å². The molecule has 0 saturated carbocycles. The van der Waals surface area contributed by atoms with E-state index in [-0.39, 0.29) is 0 Å². The van der Waals surface area contributed by atoms with E-state index in [0.717, 1.165) is 19.5 Å². The molecule has 1 aromatic carbocycles. The molecule has 1 fully saturated rings. The van der Waals surface area contributed by atoms with Crippen LogP contribution in [0.4, 0.5) is 0 Å². The van der Waals surface area contributed by atoms with Crippen LogP contribution in [0, 0.1) is 0 Å². The van der Waals surface area contributed by atoms with Gasteiger partial charge in [-0.2, -0.15) is 0 Å². The molecule has 2 nitrogen and oxygen atoms in total. The molecular formula is C16H26N2. The highest BCUT2D eigenvalue weighted by Crippen LogP contribution is 2.20. The summed E-state index contributed by atoms with van der Waals surface area (Å²) in [6.45, 7) is 10.5. The third kappa shape index (κ3) is 3.82. The van der Waals surface area contributed by atoms with E-state index < -0.39 is 0 Å². The zero-order valence-electron chi connectivity index (χ0n) is 11.8. The van der Waals surface area contributed by atoms with Gasteiger partial charge in [-0.25, -0.2) is 0 Å². The summed E-state index contributed by atoms with van der Waals surface area (Å²) in [6.07, 6.45) is 2.40. The number of benzene rings is 1. The van der Waals surface area contributed by atoms with Crippen LogP contribution in [-0.4, -0.2) is 37.6 Å². The Morgan fingerprint density at radius 1 is 1.17 bits per heavy atom. The molecule has 1 atom stereocenters. The monoisotopic (exact) mass is 246 g/mol. The average molecular weight is 246 g/mol. The number of rotatable bonds is 5. The molecule has 1 heterocycles. The first-order valence-electron chi connectivity index (χ1n) is 7.31. The molecule has 2 heteroatoms. The molecule has 1 N–H and O–H groups in total. The van der Waals surface area contributed by atoms with Gasteiger partial charge in [0.05, 0.1) is 0 Å². The number of nitrogens with one attached hydrogen (secondary N) is 1. The number of piperazine rings is 1. The molecule has 0 spiro atoms. The van der Waals surface area contributed by atoms with Crippen molar-refractivity contribution >= 4 is 0 Å². The normalized spacial score (nSPS) is 18.8. The van der Waals surface area contributed by atoms with E-state index in [1.54, 1.807) is 0 Å². The lowest BCUT2D eigenvalue weighted by molar-refractivity contribution is 0.234. The Bertz CT molecular complexity index is 339. The summed E-state index contributed by atoms with van der Waals surface area (Å²) < 4.78 is 0. The second-order valence-corrected chi connectivity index (χ2v) is 5.38. The zero-order valence-corrected chi connectivity index (χ0v) is 11.8. The summed E-state index contributed by atoms with van der Waals surface area (Å²) in [5.41, 5.74) is 2.93. The van der Waals surface area contributed by atoms with Crippen molar-refractivity contribution in [3.63, 3.8) is 0 Å². The number of hydrogen-bond donors (Lipinski definition) is 1. The number of nitrogens with zero attached hydrogens (tertiary/aromatic N) is 1. The van der Waals surface area contributed by atoms with Gasteiger partial charge in [-0.1, -0.05) is 38.1 Å².